The van der Waals surface area contributed by atoms with Crippen molar-refractivity contribution in [3.8, 4) is 28.0 Å². The first-order valence-electron chi connectivity index (χ1n) is 16.6. The Morgan fingerprint density at radius 1 is 0.885 bits per heavy atom. The minimum absolute atomic E-state index is 0.0133. The van der Waals surface area contributed by atoms with Crippen LogP contribution in [-0.2, 0) is 30.4 Å². The zero-order chi connectivity index (χ0) is 36.3. The fraction of sp³-hybridized carbons (Fsp3) is 0.154. The zero-order valence-electron chi connectivity index (χ0n) is 28.2. The summed E-state index contributed by atoms with van der Waals surface area (Å²) in [6.07, 6.45) is 10.8. The van der Waals surface area contributed by atoms with Crippen molar-refractivity contribution in [2.45, 2.75) is 19.2 Å². The number of fused-ring (bicyclic) bond motifs is 2. The SMILES string of the molecule is CCC(=C/c1oc2ccc(-c3ccccc3)cc2[n+]1CS(=O)(=O)O)/C=C1\Oc2ccc(-c3ccccc3)cc2N1CCS(=O)(=O)ON1C=CC=CC1. The number of oxazole rings is 1. The van der Waals surface area contributed by atoms with Crippen LogP contribution in [-0.4, -0.2) is 45.3 Å². The molecule has 2 aliphatic rings. The molecule has 7 rings (SSSR count). The van der Waals surface area contributed by atoms with Crippen LogP contribution in [0.15, 0.2) is 143 Å². The number of nitrogens with zero attached hydrogens (tertiary/aromatic N) is 3. The van der Waals surface area contributed by atoms with Gasteiger partial charge in [0.25, 0.3) is 21.5 Å². The molecule has 0 spiro atoms. The lowest BCUT2D eigenvalue weighted by Crippen LogP contribution is -2.39. The van der Waals surface area contributed by atoms with E-state index in [9.17, 15) is 21.4 Å². The third-order valence-electron chi connectivity index (χ3n) is 8.55. The van der Waals surface area contributed by atoms with Gasteiger partial charge in [0, 0.05) is 24.9 Å². The molecule has 0 amide bonds. The smallest absolute Gasteiger partial charge is 0.375 e. The number of benzene rings is 4. The molecule has 2 aliphatic heterocycles. The lowest BCUT2D eigenvalue weighted by molar-refractivity contribution is -0.658. The molecular weight excluding hydrogens is 703 g/mol. The second-order valence-electron chi connectivity index (χ2n) is 12.2. The molecule has 4 aromatic carbocycles. The largest absolute Gasteiger partial charge is 0.439 e. The Morgan fingerprint density at radius 2 is 1.58 bits per heavy atom. The average Bonchev–Trinajstić information content (AvgIpc) is 3.66. The predicted octanol–water partition coefficient (Wildman–Crippen LogP) is 7.08. The predicted molar refractivity (Wildman–Crippen MR) is 199 cm³/mol. The number of hydrogen-bond acceptors (Lipinski definition) is 9. The molecular formula is C39H36N3O8S2+. The van der Waals surface area contributed by atoms with Gasteiger partial charge in [0.15, 0.2) is 5.75 Å². The van der Waals surface area contributed by atoms with E-state index in [1.807, 2.05) is 104 Å². The van der Waals surface area contributed by atoms with Gasteiger partial charge < -0.3 is 14.1 Å². The minimum Gasteiger partial charge on any atom is -0.439 e. The van der Waals surface area contributed by atoms with Gasteiger partial charge in [0.2, 0.25) is 11.5 Å². The van der Waals surface area contributed by atoms with Crippen LogP contribution in [0.2, 0.25) is 0 Å². The summed E-state index contributed by atoms with van der Waals surface area (Å²) in [5.74, 6) is 0.0346. The number of hydrogen-bond donors (Lipinski definition) is 1. The summed E-state index contributed by atoms with van der Waals surface area (Å²) < 4.78 is 79.9. The first-order chi connectivity index (χ1) is 25.0. The van der Waals surface area contributed by atoms with Crippen LogP contribution in [0.4, 0.5) is 5.69 Å². The van der Waals surface area contributed by atoms with E-state index < -0.39 is 26.1 Å². The van der Waals surface area contributed by atoms with E-state index in [1.165, 1.54) is 9.63 Å². The second-order valence-corrected chi connectivity index (χ2v) is 15.3. The van der Waals surface area contributed by atoms with Crippen LogP contribution in [0.5, 0.6) is 5.75 Å². The Labute approximate surface area is 302 Å². The molecule has 5 aromatic rings. The summed E-state index contributed by atoms with van der Waals surface area (Å²) in [6, 6.07) is 30.7. The molecule has 13 heteroatoms. The Morgan fingerprint density at radius 3 is 2.23 bits per heavy atom. The molecule has 11 nitrogen and oxygen atoms in total. The molecule has 3 heterocycles. The van der Waals surface area contributed by atoms with Gasteiger partial charge in [-0.2, -0.15) is 16.8 Å². The monoisotopic (exact) mass is 738 g/mol. The standard InChI is InChI=1S/C39H35N3O8S2/c1-2-29(25-39-42(28-51(43,44)45)35-27-33(17-19-37(35)49-39)31-14-8-4-9-15-31)24-38-41(22-23-52(46,47)50-40-20-10-5-11-21-40)34-26-32(16-18-36(34)48-38)30-12-6-3-7-13-30/h3-20,24-27H,2,21-23,28H2,1H3/p+1. The van der Waals surface area contributed by atoms with Crippen molar-refractivity contribution in [1.82, 2.24) is 5.06 Å². The van der Waals surface area contributed by atoms with E-state index in [0.717, 1.165) is 22.3 Å². The van der Waals surface area contributed by atoms with E-state index in [0.29, 0.717) is 47.0 Å². The molecule has 0 saturated carbocycles. The third-order valence-corrected chi connectivity index (χ3v) is 10.2. The fourth-order valence-corrected chi connectivity index (χ4v) is 7.49. The Bertz CT molecular complexity index is 2460. The van der Waals surface area contributed by atoms with Crippen molar-refractivity contribution >= 4 is 43.1 Å². The highest BCUT2D eigenvalue weighted by Crippen LogP contribution is 2.42. The van der Waals surface area contributed by atoms with Crippen LogP contribution in [0.1, 0.15) is 19.2 Å². The molecule has 266 valence electrons. The number of hydroxylamine groups is 2. The Kier molecular flexibility index (Phi) is 9.84. The van der Waals surface area contributed by atoms with Crippen LogP contribution in [0.3, 0.4) is 0 Å². The summed E-state index contributed by atoms with van der Waals surface area (Å²) >= 11 is 0. The molecule has 1 aromatic heterocycles. The van der Waals surface area contributed by atoms with Crippen LogP contribution >= 0.6 is 0 Å². The molecule has 0 radical (unpaired) electrons. The van der Waals surface area contributed by atoms with Crippen molar-refractivity contribution in [2.24, 2.45) is 0 Å². The Balaban J connectivity index is 1.26. The van der Waals surface area contributed by atoms with Crippen LogP contribution in [0.25, 0.3) is 39.4 Å². The fourth-order valence-electron chi connectivity index (χ4n) is 6.02. The van der Waals surface area contributed by atoms with E-state index in [-0.39, 0.29) is 18.2 Å². The van der Waals surface area contributed by atoms with Crippen molar-refractivity contribution < 1.29 is 39.4 Å². The quantitative estimate of drug-likeness (QED) is 0.105. The van der Waals surface area contributed by atoms with Crippen molar-refractivity contribution in [2.75, 3.05) is 23.7 Å². The molecule has 0 saturated heterocycles. The second kappa shape index (κ2) is 14.6. The number of ether oxygens (including phenoxy) is 1. The summed E-state index contributed by atoms with van der Waals surface area (Å²) in [4.78, 5) is 1.79. The van der Waals surface area contributed by atoms with Gasteiger partial charge in [0.1, 0.15) is 0 Å². The lowest BCUT2D eigenvalue weighted by Gasteiger charge is -2.22. The highest BCUT2D eigenvalue weighted by molar-refractivity contribution is 7.86. The molecule has 0 fully saturated rings. The average molecular weight is 739 g/mol. The van der Waals surface area contributed by atoms with Gasteiger partial charge in [-0.3, -0.25) is 4.55 Å². The van der Waals surface area contributed by atoms with Crippen LogP contribution in [0, 0.1) is 0 Å². The maximum Gasteiger partial charge on any atom is 0.375 e. The maximum atomic E-state index is 13.1. The van der Waals surface area contributed by atoms with Gasteiger partial charge in [-0.15, -0.1) is 8.85 Å². The topological polar surface area (TPSA) is 130 Å². The molecule has 1 N–H and O–H groups in total. The number of aromatic nitrogens is 1. The summed E-state index contributed by atoms with van der Waals surface area (Å²) in [5.41, 5.74) is 5.98. The molecule has 52 heavy (non-hydrogen) atoms. The van der Waals surface area contributed by atoms with E-state index in [4.69, 9.17) is 13.4 Å². The molecule has 0 atom stereocenters. The third kappa shape index (κ3) is 8.03. The molecule has 0 aliphatic carbocycles. The van der Waals surface area contributed by atoms with E-state index in [2.05, 4.69) is 0 Å². The zero-order valence-corrected chi connectivity index (χ0v) is 29.8. The van der Waals surface area contributed by atoms with Crippen molar-refractivity contribution in [3.05, 3.63) is 145 Å². The van der Waals surface area contributed by atoms with Gasteiger partial charge >= 0.3 is 16.0 Å². The first kappa shape index (κ1) is 35.0. The summed E-state index contributed by atoms with van der Waals surface area (Å²) in [7, 11) is -8.46. The number of anilines is 1. The van der Waals surface area contributed by atoms with Crippen molar-refractivity contribution in [3.63, 3.8) is 0 Å². The normalized spacial score (nSPS) is 15.4. The minimum atomic E-state index is -4.46. The summed E-state index contributed by atoms with van der Waals surface area (Å²) in [5, 5.41) is 1.25. The van der Waals surface area contributed by atoms with Crippen LogP contribution < -0.4 is 14.2 Å². The van der Waals surface area contributed by atoms with E-state index in [1.54, 1.807) is 41.5 Å². The first-order valence-corrected chi connectivity index (χ1v) is 19.8. The number of rotatable bonds is 12. The maximum absolute atomic E-state index is 13.1. The van der Waals surface area contributed by atoms with E-state index >= 15 is 0 Å². The Hall–Kier alpha value is -5.47. The van der Waals surface area contributed by atoms with Gasteiger partial charge in [-0.05, 0) is 58.5 Å². The summed E-state index contributed by atoms with van der Waals surface area (Å²) in [6.45, 7) is 2.24. The molecule has 0 unspecified atom stereocenters. The highest BCUT2D eigenvalue weighted by atomic mass is 32.2. The highest BCUT2D eigenvalue weighted by Gasteiger charge is 2.31. The van der Waals surface area contributed by atoms with Gasteiger partial charge in [0.05, 0.1) is 24.1 Å². The van der Waals surface area contributed by atoms with Crippen molar-refractivity contribution in [1.29, 1.82) is 0 Å². The lowest BCUT2D eigenvalue weighted by atomic mass is 10.0. The van der Waals surface area contributed by atoms with Gasteiger partial charge in [-0.1, -0.05) is 91.9 Å². The number of allylic oxidation sites excluding steroid dienone is 4. The van der Waals surface area contributed by atoms with Gasteiger partial charge in [-0.25, -0.2) is 5.06 Å². The molecule has 0 bridgehead atoms.